The molecule has 33 heavy (non-hydrogen) atoms. The number of fused-ring (bicyclic) bond motifs is 1. The van der Waals surface area contributed by atoms with Crippen molar-refractivity contribution in [1.82, 2.24) is 20.4 Å². The number of hydrogen-bond acceptors (Lipinski definition) is 5. The summed E-state index contributed by atoms with van der Waals surface area (Å²) >= 11 is 0. The molecule has 1 unspecified atom stereocenters. The van der Waals surface area contributed by atoms with Crippen molar-refractivity contribution in [3.05, 3.63) is 70.8 Å². The third-order valence-corrected chi connectivity index (χ3v) is 7.03. The highest BCUT2D eigenvalue weighted by molar-refractivity contribution is 6.05. The third kappa shape index (κ3) is 4.70. The minimum Gasteiger partial charge on any atom is -0.322 e. The van der Waals surface area contributed by atoms with Gasteiger partial charge in [0.05, 0.1) is 0 Å². The fourth-order valence-electron chi connectivity index (χ4n) is 5.26. The molecule has 7 heteroatoms. The molecule has 2 fully saturated rings. The predicted octanol–water partition coefficient (Wildman–Crippen LogP) is 2.20. The van der Waals surface area contributed by atoms with E-state index in [1.54, 1.807) is 4.90 Å². The molecule has 0 aromatic heterocycles. The second kappa shape index (κ2) is 9.45. The number of rotatable bonds is 6. The lowest BCUT2D eigenvalue weighted by molar-refractivity contribution is -0.136. The number of benzene rings is 2. The largest absolute Gasteiger partial charge is 0.322 e. The Balaban J connectivity index is 1.33. The molecule has 2 N–H and O–H groups in total. The third-order valence-electron chi connectivity index (χ3n) is 7.03. The number of nitrogens with one attached hydrogen (secondary N) is 2. The summed E-state index contributed by atoms with van der Waals surface area (Å²) in [6.45, 7) is 4.20. The van der Waals surface area contributed by atoms with Gasteiger partial charge in [0.15, 0.2) is 0 Å². The Labute approximate surface area is 194 Å². The summed E-state index contributed by atoms with van der Waals surface area (Å²) < 4.78 is 0. The normalized spacial score (nSPS) is 21.4. The molecule has 1 atom stereocenters. The molecular formula is C26H30N4O3. The lowest BCUT2D eigenvalue weighted by atomic mass is 10.0. The zero-order chi connectivity index (χ0) is 22.8. The van der Waals surface area contributed by atoms with Crippen LogP contribution in [0.2, 0.25) is 0 Å². The second-order valence-corrected chi connectivity index (χ2v) is 9.26. The van der Waals surface area contributed by atoms with Gasteiger partial charge in [-0.05, 0) is 55.1 Å². The minimum atomic E-state index is -0.574. The fourth-order valence-corrected chi connectivity index (χ4v) is 5.26. The second-order valence-electron chi connectivity index (χ2n) is 9.26. The number of carbonyl (C=O) groups is 3. The van der Waals surface area contributed by atoms with Crippen molar-refractivity contribution >= 4 is 17.7 Å². The first-order chi connectivity index (χ1) is 16.1. The van der Waals surface area contributed by atoms with Crippen LogP contribution in [0, 0.1) is 0 Å². The van der Waals surface area contributed by atoms with E-state index in [1.807, 2.05) is 18.2 Å². The van der Waals surface area contributed by atoms with Crippen molar-refractivity contribution in [2.24, 2.45) is 0 Å². The van der Waals surface area contributed by atoms with Gasteiger partial charge in [-0.2, -0.15) is 0 Å². The molecule has 2 aromatic carbocycles. The Bertz CT molecular complexity index is 1050. The molecule has 2 aromatic rings. The number of imide groups is 1. The number of hydrogen-bond donors (Lipinski definition) is 2. The molecule has 2 saturated heterocycles. The Kier molecular flexibility index (Phi) is 6.24. The summed E-state index contributed by atoms with van der Waals surface area (Å²) in [6, 6.07) is 16.6. The molecule has 3 aliphatic heterocycles. The molecule has 3 heterocycles. The molecule has 0 spiro atoms. The van der Waals surface area contributed by atoms with E-state index in [-0.39, 0.29) is 24.1 Å². The maximum absolute atomic E-state index is 13.0. The molecule has 7 nitrogen and oxygen atoms in total. The van der Waals surface area contributed by atoms with Gasteiger partial charge in [-0.3, -0.25) is 24.6 Å². The van der Waals surface area contributed by atoms with E-state index in [0.717, 1.165) is 44.6 Å². The molecule has 0 saturated carbocycles. The lowest BCUT2D eigenvalue weighted by Gasteiger charge is -2.35. The average Bonchev–Trinajstić information content (AvgIpc) is 3.15. The van der Waals surface area contributed by atoms with Gasteiger partial charge in [0.25, 0.3) is 5.91 Å². The van der Waals surface area contributed by atoms with E-state index in [0.29, 0.717) is 24.6 Å². The topological polar surface area (TPSA) is 81.8 Å². The van der Waals surface area contributed by atoms with Crippen molar-refractivity contribution in [3.8, 4) is 0 Å². The highest BCUT2D eigenvalue weighted by Crippen LogP contribution is 2.29. The number of nitrogens with zero attached hydrogens (tertiary/aromatic N) is 2. The van der Waals surface area contributed by atoms with E-state index < -0.39 is 6.04 Å². The Morgan fingerprint density at radius 2 is 1.67 bits per heavy atom. The van der Waals surface area contributed by atoms with Crippen molar-refractivity contribution in [3.63, 3.8) is 0 Å². The zero-order valence-corrected chi connectivity index (χ0v) is 18.8. The van der Waals surface area contributed by atoms with E-state index >= 15 is 0 Å². The molecule has 172 valence electrons. The van der Waals surface area contributed by atoms with Crippen LogP contribution >= 0.6 is 0 Å². The number of piperidine rings is 2. The number of amides is 3. The summed E-state index contributed by atoms with van der Waals surface area (Å²) in [5.74, 6) is -0.753. The lowest BCUT2D eigenvalue weighted by Crippen LogP contribution is -2.52. The van der Waals surface area contributed by atoms with Gasteiger partial charge in [-0.15, -0.1) is 0 Å². The van der Waals surface area contributed by atoms with Crippen LogP contribution in [0.4, 0.5) is 0 Å². The number of carbonyl (C=O) groups excluding carboxylic acids is 3. The molecule has 0 aliphatic carbocycles. The maximum atomic E-state index is 13.0. The van der Waals surface area contributed by atoms with Crippen LogP contribution in [0.3, 0.4) is 0 Å². The van der Waals surface area contributed by atoms with Crippen molar-refractivity contribution in [2.45, 2.75) is 57.4 Å². The van der Waals surface area contributed by atoms with Crippen LogP contribution in [-0.2, 0) is 29.2 Å². The maximum Gasteiger partial charge on any atom is 0.255 e. The van der Waals surface area contributed by atoms with E-state index in [9.17, 15) is 14.4 Å². The van der Waals surface area contributed by atoms with Gasteiger partial charge in [-0.25, -0.2) is 0 Å². The monoisotopic (exact) mass is 446 g/mol. The molecule has 5 rings (SSSR count). The fraction of sp³-hybridized carbons (Fsp3) is 0.423. The van der Waals surface area contributed by atoms with Gasteiger partial charge in [0.2, 0.25) is 11.8 Å². The van der Waals surface area contributed by atoms with Gasteiger partial charge in [0, 0.05) is 37.7 Å². The van der Waals surface area contributed by atoms with Crippen LogP contribution < -0.4 is 10.6 Å². The Morgan fingerprint density at radius 3 is 2.42 bits per heavy atom. The van der Waals surface area contributed by atoms with Crippen LogP contribution in [0.15, 0.2) is 48.5 Å². The standard InChI is InChI=1S/C26H30N4O3/c31-24-9-8-23(25(32)28-24)30-17-20-14-19(6-7-22(20)26(30)33)16-29(21-10-12-27-13-11-21)15-18-4-2-1-3-5-18/h1-7,14,21,23,27H,8-13,15-17H2,(H,28,31,32). The first-order valence-electron chi connectivity index (χ1n) is 11.8. The van der Waals surface area contributed by atoms with Gasteiger partial charge in [0.1, 0.15) is 6.04 Å². The van der Waals surface area contributed by atoms with E-state index in [2.05, 4.69) is 45.9 Å². The zero-order valence-electron chi connectivity index (χ0n) is 18.8. The molecule has 0 radical (unpaired) electrons. The molecule has 0 bridgehead atoms. The van der Waals surface area contributed by atoms with Crippen molar-refractivity contribution in [2.75, 3.05) is 13.1 Å². The first-order valence-corrected chi connectivity index (χ1v) is 11.8. The summed E-state index contributed by atoms with van der Waals surface area (Å²) in [5, 5.41) is 5.82. The SMILES string of the molecule is O=C1CCC(N2Cc3cc(CN(Cc4ccccc4)C4CCNCC4)ccc3C2=O)C(=O)N1. The van der Waals surface area contributed by atoms with E-state index in [1.165, 1.54) is 11.1 Å². The van der Waals surface area contributed by atoms with Crippen LogP contribution in [0.25, 0.3) is 0 Å². The Hall–Kier alpha value is -3.03. The predicted molar refractivity (Wildman–Crippen MR) is 124 cm³/mol. The summed E-state index contributed by atoms with van der Waals surface area (Å²) in [4.78, 5) is 41.0. The Morgan fingerprint density at radius 1 is 0.909 bits per heavy atom. The van der Waals surface area contributed by atoms with Crippen molar-refractivity contribution in [1.29, 1.82) is 0 Å². The molecule has 3 aliphatic rings. The first kappa shape index (κ1) is 21.8. The van der Waals surface area contributed by atoms with Crippen LogP contribution in [0.5, 0.6) is 0 Å². The minimum absolute atomic E-state index is 0.120. The van der Waals surface area contributed by atoms with Crippen molar-refractivity contribution < 1.29 is 14.4 Å². The smallest absolute Gasteiger partial charge is 0.255 e. The molecular weight excluding hydrogens is 416 g/mol. The highest BCUT2D eigenvalue weighted by atomic mass is 16.2. The summed E-state index contributed by atoms with van der Waals surface area (Å²) in [7, 11) is 0. The van der Waals surface area contributed by atoms with E-state index in [4.69, 9.17) is 0 Å². The van der Waals surface area contributed by atoms with Gasteiger partial charge in [-0.1, -0.05) is 42.5 Å². The quantitative estimate of drug-likeness (QED) is 0.665. The molecule has 3 amide bonds. The summed E-state index contributed by atoms with van der Waals surface area (Å²) in [5.41, 5.74) is 4.12. The van der Waals surface area contributed by atoms with Gasteiger partial charge >= 0.3 is 0 Å². The summed E-state index contributed by atoms with van der Waals surface area (Å²) in [6.07, 6.45) is 2.91. The van der Waals surface area contributed by atoms with Gasteiger partial charge < -0.3 is 10.2 Å². The van der Waals surface area contributed by atoms with Crippen LogP contribution in [-0.4, -0.2) is 52.7 Å². The highest BCUT2D eigenvalue weighted by Gasteiger charge is 2.39. The average molecular weight is 447 g/mol. The van der Waals surface area contributed by atoms with Crippen LogP contribution in [0.1, 0.15) is 52.7 Å².